The third kappa shape index (κ3) is 3.92. The molecule has 0 saturated carbocycles. The molecule has 76 valence electrons. The molecule has 3 amide bonds. The van der Waals surface area contributed by atoms with Gasteiger partial charge in [-0.1, -0.05) is 0 Å². The van der Waals surface area contributed by atoms with E-state index in [9.17, 15) is 9.59 Å². The second kappa shape index (κ2) is 4.84. The van der Waals surface area contributed by atoms with Gasteiger partial charge in [0.25, 0.3) is 0 Å². The average molecular weight is 186 g/mol. The smallest absolute Gasteiger partial charge is 0.320 e. The van der Waals surface area contributed by atoms with E-state index in [0.717, 1.165) is 0 Å². The number of carbonyl (C=O) groups is 2. The Morgan fingerprint density at radius 3 is 1.69 bits per heavy atom. The molecule has 13 heavy (non-hydrogen) atoms. The van der Waals surface area contributed by atoms with Gasteiger partial charge in [-0.25, -0.2) is 4.79 Å². The molecular weight excluding hydrogens is 168 g/mol. The maximum Gasteiger partial charge on any atom is 0.324 e. The van der Waals surface area contributed by atoms with Crippen LogP contribution in [0.4, 0.5) is 4.79 Å². The summed E-state index contributed by atoms with van der Waals surface area (Å²) in [5.74, 6) is -0.323. The van der Waals surface area contributed by atoms with Crippen molar-refractivity contribution in [3.8, 4) is 0 Å². The van der Waals surface area contributed by atoms with E-state index in [1.807, 2.05) is 27.7 Å². The molecule has 0 aromatic rings. The van der Waals surface area contributed by atoms with E-state index in [2.05, 4.69) is 5.32 Å². The summed E-state index contributed by atoms with van der Waals surface area (Å²) in [6, 6.07) is -0.129. The van der Waals surface area contributed by atoms with Gasteiger partial charge in [-0.05, 0) is 27.7 Å². The highest BCUT2D eigenvalue weighted by atomic mass is 16.2. The standard InChI is InChI=1S/C9H18N2O2/c1-6(2)11(7(3)4)9(13)10-8(5)12/h6-7H,1-5H3,(H,10,12,13). The number of rotatable bonds is 2. The van der Waals surface area contributed by atoms with E-state index >= 15 is 0 Å². The third-order valence-electron chi connectivity index (χ3n) is 1.63. The van der Waals surface area contributed by atoms with E-state index in [4.69, 9.17) is 0 Å². The monoisotopic (exact) mass is 186 g/mol. The molecule has 0 fully saturated rings. The van der Waals surface area contributed by atoms with Gasteiger partial charge >= 0.3 is 6.03 Å². The zero-order valence-corrected chi connectivity index (χ0v) is 8.92. The Morgan fingerprint density at radius 2 is 1.46 bits per heavy atom. The van der Waals surface area contributed by atoms with Crippen LogP contribution in [0.15, 0.2) is 0 Å². The Morgan fingerprint density at radius 1 is 1.08 bits per heavy atom. The lowest BCUT2D eigenvalue weighted by Crippen LogP contribution is -2.48. The molecule has 0 aliphatic rings. The molecule has 0 aliphatic carbocycles. The zero-order valence-electron chi connectivity index (χ0n) is 8.92. The van der Waals surface area contributed by atoms with Gasteiger partial charge in [0, 0.05) is 19.0 Å². The molecule has 4 heteroatoms. The highest BCUT2D eigenvalue weighted by Crippen LogP contribution is 2.04. The van der Waals surface area contributed by atoms with E-state index in [-0.39, 0.29) is 24.0 Å². The first-order valence-corrected chi connectivity index (χ1v) is 4.46. The van der Waals surface area contributed by atoms with Crippen LogP contribution in [0.3, 0.4) is 0 Å². The Balaban J connectivity index is 4.38. The molecule has 4 nitrogen and oxygen atoms in total. The van der Waals surface area contributed by atoms with E-state index in [1.54, 1.807) is 4.90 Å². The molecule has 0 aliphatic heterocycles. The molecule has 0 aromatic carbocycles. The van der Waals surface area contributed by atoms with E-state index in [1.165, 1.54) is 6.92 Å². The normalized spacial score (nSPS) is 10.4. The van der Waals surface area contributed by atoms with Gasteiger partial charge in [0.2, 0.25) is 5.91 Å². The van der Waals surface area contributed by atoms with Crippen LogP contribution in [0.1, 0.15) is 34.6 Å². The van der Waals surface area contributed by atoms with Crippen LogP contribution in [0.2, 0.25) is 0 Å². The summed E-state index contributed by atoms with van der Waals surface area (Å²) in [6.07, 6.45) is 0. The summed E-state index contributed by atoms with van der Waals surface area (Å²) >= 11 is 0. The number of hydrogen-bond donors (Lipinski definition) is 1. The van der Waals surface area contributed by atoms with Crippen molar-refractivity contribution in [1.29, 1.82) is 0 Å². The number of hydrogen-bond acceptors (Lipinski definition) is 2. The molecule has 0 spiro atoms. The minimum absolute atomic E-state index is 0.0966. The van der Waals surface area contributed by atoms with Crippen molar-refractivity contribution in [3.63, 3.8) is 0 Å². The van der Waals surface area contributed by atoms with E-state index in [0.29, 0.717) is 0 Å². The Hall–Kier alpha value is -1.06. The Kier molecular flexibility index (Phi) is 4.45. The second-order valence-corrected chi connectivity index (χ2v) is 3.58. The van der Waals surface area contributed by atoms with Crippen LogP contribution in [0, 0.1) is 0 Å². The van der Waals surface area contributed by atoms with Crippen molar-refractivity contribution in [2.75, 3.05) is 0 Å². The SMILES string of the molecule is CC(=O)NC(=O)N(C(C)C)C(C)C. The fraction of sp³-hybridized carbons (Fsp3) is 0.778. The predicted molar refractivity (Wildman–Crippen MR) is 51.3 cm³/mol. The van der Waals surface area contributed by atoms with Crippen molar-refractivity contribution < 1.29 is 9.59 Å². The van der Waals surface area contributed by atoms with Crippen LogP contribution in [-0.4, -0.2) is 28.9 Å². The summed E-state index contributed by atoms with van der Waals surface area (Å²) in [6.45, 7) is 9.00. The van der Waals surface area contributed by atoms with Crippen LogP contribution in [-0.2, 0) is 4.79 Å². The molecule has 1 N–H and O–H groups in total. The highest BCUT2D eigenvalue weighted by Gasteiger charge is 2.20. The topological polar surface area (TPSA) is 49.4 Å². The molecular formula is C9H18N2O2. The molecule has 0 saturated heterocycles. The lowest BCUT2D eigenvalue weighted by Gasteiger charge is -2.30. The van der Waals surface area contributed by atoms with Crippen molar-refractivity contribution in [3.05, 3.63) is 0 Å². The Labute approximate surface area is 79.3 Å². The first kappa shape index (κ1) is 11.9. The average Bonchev–Trinajstić information content (AvgIpc) is 1.81. The largest absolute Gasteiger partial charge is 0.324 e. The molecule has 0 aromatic heterocycles. The van der Waals surface area contributed by atoms with E-state index < -0.39 is 0 Å². The number of urea groups is 1. The van der Waals surface area contributed by atoms with Crippen LogP contribution in [0.5, 0.6) is 0 Å². The summed E-state index contributed by atoms with van der Waals surface area (Å²) in [5, 5.41) is 2.25. The number of imide groups is 1. The molecule has 0 unspecified atom stereocenters. The van der Waals surface area contributed by atoms with Gasteiger partial charge in [-0.15, -0.1) is 0 Å². The van der Waals surface area contributed by atoms with Crippen molar-refractivity contribution in [1.82, 2.24) is 10.2 Å². The first-order valence-electron chi connectivity index (χ1n) is 4.46. The second-order valence-electron chi connectivity index (χ2n) is 3.58. The van der Waals surface area contributed by atoms with Gasteiger partial charge in [0.15, 0.2) is 0 Å². The van der Waals surface area contributed by atoms with Gasteiger partial charge in [0.1, 0.15) is 0 Å². The van der Waals surface area contributed by atoms with Gasteiger partial charge in [0.05, 0.1) is 0 Å². The molecule has 0 rings (SSSR count). The Bertz CT molecular complexity index is 192. The zero-order chi connectivity index (χ0) is 10.6. The van der Waals surface area contributed by atoms with Gasteiger partial charge in [-0.3, -0.25) is 10.1 Å². The minimum Gasteiger partial charge on any atom is -0.320 e. The fourth-order valence-electron chi connectivity index (χ4n) is 1.28. The molecule has 0 radical (unpaired) electrons. The fourth-order valence-corrected chi connectivity index (χ4v) is 1.28. The van der Waals surface area contributed by atoms with Crippen LogP contribution >= 0.6 is 0 Å². The highest BCUT2D eigenvalue weighted by molar-refractivity contribution is 5.93. The maximum absolute atomic E-state index is 11.4. The molecule has 0 atom stereocenters. The first-order chi connectivity index (χ1) is 5.86. The van der Waals surface area contributed by atoms with Crippen LogP contribution < -0.4 is 5.32 Å². The number of nitrogens with one attached hydrogen (secondary N) is 1. The number of amides is 3. The van der Waals surface area contributed by atoms with Crippen LogP contribution in [0.25, 0.3) is 0 Å². The third-order valence-corrected chi connectivity index (χ3v) is 1.63. The predicted octanol–water partition coefficient (Wildman–Crippen LogP) is 1.36. The lowest BCUT2D eigenvalue weighted by atomic mass is 10.2. The van der Waals surface area contributed by atoms with Gasteiger partial charge < -0.3 is 4.90 Å². The van der Waals surface area contributed by atoms with Crippen molar-refractivity contribution in [2.45, 2.75) is 46.7 Å². The molecule has 0 heterocycles. The maximum atomic E-state index is 11.4. The lowest BCUT2D eigenvalue weighted by molar-refractivity contribution is -0.118. The molecule has 0 bridgehead atoms. The quantitative estimate of drug-likeness (QED) is 0.708. The minimum atomic E-state index is -0.323. The van der Waals surface area contributed by atoms with Crippen molar-refractivity contribution in [2.24, 2.45) is 0 Å². The van der Waals surface area contributed by atoms with Gasteiger partial charge in [-0.2, -0.15) is 0 Å². The van der Waals surface area contributed by atoms with Crippen molar-refractivity contribution >= 4 is 11.9 Å². The number of nitrogens with zero attached hydrogens (tertiary/aromatic N) is 1. The number of carbonyl (C=O) groups excluding carboxylic acids is 2. The summed E-state index contributed by atoms with van der Waals surface area (Å²) in [7, 11) is 0. The summed E-state index contributed by atoms with van der Waals surface area (Å²) in [5.41, 5.74) is 0. The summed E-state index contributed by atoms with van der Waals surface area (Å²) in [4.78, 5) is 23.7. The summed E-state index contributed by atoms with van der Waals surface area (Å²) < 4.78 is 0.